The van der Waals surface area contributed by atoms with Crippen molar-refractivity contribution in [3.8, 4) is 0 Å². The first-order valence-corrected chi connectivity index (χ1v) is 12.2. The van der Waals surface area contributed by atoms with Gasteiger partial charge >= 0.3 is 0 Å². The van der Waals surface area contributed by atoms with Crippen LogP contribution in [-0.2, 0) is 30.8 Å². The second-order valence-electron chi connectivity index (χ2n) is 9.00. The van der Waals surface area contributed by atoms with Crippen LogP contribution in [0.15, 0.2) is 35.3 Å². The molecule has 2 saturated heterocycles. The van der Waals surface area contributed by atoms with Gasteiger partial charge in [-0.2, -0.15) is 0 Å². The molecule has 2 unspecified atom stereocenters. The number of ether oxygens (including phenoxy) is 1. The van der Waals surface area contributed by atoms with Crippen molar-refractivity contribution in [3.63, 3.8) is 0 Å². The molecule has 3 aliphatic heterocycles. The molecule has 0 radical (unpaired) electrons. The number of rotatable bonds is 5. The van der Waals surface area contributed by atoms with Gasteiger partial charge in [-0.1, -0.05) is 36.8 Å². The van der Waals surface area contributed by atoms with Gasteiger partial charge in [-0.05, 0) is 25.3 Å². The third kappa shape index (κ3) is 4.66. The van der Waals surface area contributed by atoms with Crippen LogP contribution in [0.1, 0.15) is 43.4 Å². The lowest BCUT2D eigenvalue weighted by Crippen LogP contribution is -2.50. The van der Waals surface area contributed by atoms with E-state index in [9.17, 15) is 0 Å². The SMILES string of the molecule is CCNC(=NCc1nnc2n1CCCCC2)N1CC2OCCN(Cc3ccccc3)C2C1. The van der Waals surface area contributed by atoms with Crippen LogP contribution in [0.4, 0.5) is 0 Å². The molecule has 0 amide bonds. The Hall–Kier alpha value is -2.45. The monoisotopic (exact) mass is 437 g/mol. The highest BCUT2D eigenvalue weighted by atomic mass is 16.5. The zero-order valence-electron chi connectivity index (χ0n) is 19.1. The normalized spacial score (nSPS) is 24.2. The fourth-order valence-corrected chi connectivity index (χ4v) is 5.18. The number of hydrogen-bond acceptors (Lipinski definition) is 5. The summed E-state index contributed by atoms with van der Waals surface area (Å²) < 4.78 is 8.46. The second-order valence-corrected chi connectivity index (χ2v) is 9.00. The van der Waals surface area contributed by atoms with E-state index in [1.165, 1.54) is 24.8 Å². The predicted molar refractivity (Wildman–Crippen MR) is 124 cm³/mol. The molecule has 32 heavy (non-hydrogen) atoms. The van der Waals surface area contributed by atoms with Crippen molar-refractivity contribution in [1.82, 2.24) is 29.9 Å². The second kappa shape index (κ2) is 10.0. The van der Waals surface area contributed by atoms with E-state index >= 15 is 0 Å². The third-order valence-corrected chi connectivity index (χ3v) is 6.84. The van der Waals surface area contributed by atoms with Gasteiger partial charge in [-0.15, -0.1) is 10.2 Å². The molecule has 4 heterocycles. The van der Waals surface area contributed by atoms with E-state index in [-0.39, 0.29) is 6.10 Å². The largest absolute Gasteiger partial charge is 0.373 e. The summed E-state index contributed by atoms with van der Waals surface area (Å²) in [6.07, 6.45) is 4.93. The number of hydrogen-bond donors (Lipinski definition) is 1. The van der Waals surface area contributed by atoms with Crippen molar-refractivity contribution in [2.45, 2.75) is 64.4 Å². The zero-order chi connectivity index (χ0) is 21.8. The number of likely N-dealkylation sites (tertiary alicyclic amines) is 1. The van der Waals surface area contributed by atoms with Crippen molar-refractivity contribution in [1.29, 1.82) is 0 Å². The molecule has 1 aromatic carbocycles. The van der Waals surface area contributed by atoms with Crippen LogP contribution in [0.25, 0.3) is 0 Å². The lowest BCUT2D eigenvalue weighted by molar-refractivity contribution is -0.0502. The zero-order valence-corrected chi connectivity index (χ0v) is 19.1. The highest BCUT2D eigenvalue weighted by Gasteiger charge is 2.41. The Morgan fingerprint density at radius 3 is 2.91 bits per heavy atom. The van der Waals surface area contributed by atoms with E-state index < -0.39 is 0 Å². The number of aliphatic imine (C=N–C) groups is 1. The first kappa shape index (κ1) is 21.4. The standard InChI is InChI=1S/C24H35N7O/c1-2-25-24(26-15-23-28-27-22-11-7-4-8-12-31(22)23)30-17-20-21(18-30)32-14-13-29(20)16-19-9-5-3-6-10-19/h3,5-6,9-10,20-21H,2,4,7-8,11-18H2,1H3,(H,25,26). The summed E-state index contributed by atoms with van der Waals surface area (Å²) in [4.78, 5) is 9.92. The van der Waals surface area contributed by atoms with Crippen molar-refractivity contribution in [2.75, 3.05) is 32.8 Å². The summed E-state index contributed by atoms with van der Waals surface area (Å²) in [7, 11) is 0. The average Bonchev–Trinajstić information content (AvgIpc) is 3.35. The maximum atomic E-state index is 6.17. The van der Waals surface area contributed by atoms with E-state index in [0.717, 1.165) is 69.9 Å². The van der Waals surface area contributed by atoms with Gasteiger partial charge in [0.2, 0.25) is 0 Å². The van der Waals surface area contributed by atoms with Crippen LogP contribution in [0.2, 0.25) is 0 Å². The van der Waals surface area contributed by atoms with Crippen LogP contribution in [0.3, 0.4) is 0 Å². The molecule has 3 aliphatic rings. The fourth-order valence-electron chi connectivity index (χ4n) is 5.18. The molecule has 5 rings (SSSR count). The van der Waals surface area contributed by atoms with Crippen molar-refractivity contribution < 1.29 is 4.74 Å². The molecule has 8 heteroatoms. The minimum atomic E-state index is 0.223. The molecule has 2 atom stereocenters. The predicted octanol–water partition coefficient (Wildman–Crippen LogP) is 2.06. The molecule has 0 bridgehead atoms. The molecule has 0 aliphatic carbocycles. The van der Waals surface area contributed by atoms with Gasteiger partial charge in [0, 0.05) is 45.7 Å². The molecule has 2 aromatic rings. The molecular formula is C24H35N7O. The summed E-state index contributed by atoms with van der Waals surface area (Å²) in [5.41, 5.74) is 1.36. The van der Waals surface area contributed by atoms with Crippen LogP contribution in [0, 0.1) is 0 Å². The highest BCUT2D eigenvalue weighted by Crippen LogP contribution is 2.25. The van der Waals surface area contributed by atoms with E-state index in [0.29, 0.717) is 12.6 Å². The van der Waals surface area contributed by atoms with E-state index in [1.807, 2.05) is 0 Å². The quantitative estimate of drug-likeness (QED) is 0.570. The molecular weight excluding hydrogens is 402 g/mol. The fraction of sp³-hybridized carbons (Fsp3) is 0.625. The molecule has 172 valence electrons. The van der Waals surface area contributed by atoms with Crippen molar-refractivity contribution >= 4 is 5.96 Å². The third-order valence-electron chi connectivity index (χ3n) is 6.84. The molecule has 1 aromatic heterocycles. The van der Waals surface area contributed by atoms with Gasteiger partial charge in [-0.3, -0.25) is 4.90 Å². The van der Waals surface area contributed by atoms with Crippen LogP contribution in [0.5, 0.6) is 0 Å². The molecule has 8 nitrogen and oxygen atoms in total. The number of aryl methyl sites for hydroxylation is 1. The van der Waals surface area contributed by atoms with Crippen LogP contribution >= 0.6 is 0 Å². The minimum Gasteiger partial charge on any atom is -0.373 e. The maximum absolute atomic E-state index is 6.17. The summed E-state index contributed by atoms with van der Waals surface area (Å²) in [6.45, 7) is 9.09. The summed E-state index contributed by atoms with van der Waals surface area (Å²) in [5, 5.41) is 12.4. The first-order chi connectivity index (χ1) is 15.8. The molecule has 2 fully saturated rings. The smallest absolute Gasteiger partial charge is 0.194 e. The first-order valence-electron chi connectivity index (χ1n) is 12.2. The average molecular weight is 438 g/mol. The van der Waals surface area contributed by atoms with Gasteiger partial charge in [0.25, 0.3) is 0 Å². The van der Waals surface area contributed by atoms with Gasteiger partial charge < -0.3 is 19.5 Å². The lowest BCUT2D eigenvalue weighted by atomic mass is 10.1. The Morgan fingerprint density at radius 2 is 2.03 bits per heavy atom. The number of nitrogens with one attached hydrogen (secondary N) is 1. The Bertz CT molecular complexity index is 912. The van der Waals surface area contributed by atoms with Gasteiger partial charge in [0.05, 0.1) is 18.8 Å². The van der Waals surface area contributed by atoms with E-state index in [4.69, 9.17) is 9.73 Å². The van der Waals surface area contributed by atoms with Crippen LogP contribution < -0.4 is 5.32 Å². The van der Waals surface area contributed by atoms with Gasteiger partial charge in [0.15, 0.2) is 11.8 Å². The number of fused-ring (bicyclic) bond motifs is 2. The summed E-state index contributed by atoms with van der Waals surface area (Å²) in [6, 6.07) is 11.1. The van der Waals surface area contributed by atoms with Gasteiger partial charge in [0.1, 0.15) is 12.4 Å². The molecule has 0 saturated carbocycles. The Labute approximate surface area is 190 Å². The highest BCUT2D eigenvalue weighted by molar-refractivity contribution is 5.80. The topological polar surface area (TPSA) is 70.8 Å². The number of nitrogens with zero attached hydrogens (tertiary/aromatic N) is 6. The number of morpholine rings is 1. The van der Waals surface area contributed by atoms with E-state index in [2.05, 4.69) is 67.1 Å². The van der Waals surface area contributed by atoms with E-state index in [1.54, 1.807) is 0 Å². The number of aromatic nitrogens is 3. The van der Waals surface area contributed by atoms with Crippen LogP contribution in [-0.4, -0.2) is 75.5 Å². The van der Waals surface area contributed by atoms with Gasteiger partial charge in [-0.25, -0.2) is 4.99 Å². The molecule has 0 spiro atoms. The number of guanidine groups is 1. The van der Waals surface area contributed by atoms with Crippen molar-refractivity contribution in [2.24, 2.45) is 4.99 Å². The Balaban J connectivity index is 1.28. The Kier molecular flexibility index (Phi) is 6.69. The summed E-state index contributed by atoms with van der Waals surface area (Å²) >= 11 is 0. The summed E-state index contributed by atoms with van der Waals surface area (Å²) in [5.74, 6) is 3.06. The lowest BCUT2D eigenvalue weighted by Gasteiger charge is -2.36. The Morgan fingerprint density at radius 1 is 1.12 bits per heavy atom. The minimum absolute atomic E-state index is 0.223. The van der Waals surface area contributed by atoms with Crippen molar-refractivity contribution in [3.05, 3.63) is 47.5 Å². The maximum Gasteiger partial charge on any atom is 0.194 e. The number of benzene rings is 1. The molecule has 1 N–H and O–H groups in total.